The molecule has 2 nitrogen and oxygen atoms in total. The van der Waals surface area contributed by atoms with E-state index in [9.17, 15) is 0 Å². The van der Waals surface area contributed by atoms with Crippen molar-refractivity contribution in [3.05, 3.63) is 229 Å². The molecule has 2 heterocycles. The predicted octanol–water partition coefficient (Wildman–Crippen LogP) is 14.6. The monoisotopic (exact) mass is 772 g/mol. The molecule has 0 atom stereocenters. The fourth-order valence-electron chi connectivity index (χ4n) is 12.1. The number of fused-ring (bicyclic) bond motifs is 3. The molecule has 2 saturated heterocycles. The number of benzene rings is 8. The fourth-order valence-corrected chi connectivity index (χ4v) is 12.1. The van der Waals surface area contributed by atoms with Gasteiger partial charge in [0.1, 0.15) is 0 Å². The lowest BCUT2D eigenvalue weighted by atomic mass is 9.63. The molecule has 290 valence electrons. The highest BCUT2D eigenvalue weighted by Crippen LogP contribution is 2.57. The van der Waals surface area contributed by atoms with E-state index in [-0.39, 0.29) is 0 Å². The van der Waals surface area contributed by atoms with Crippen molar-refractivity contribution in [2.45, 2.75) is 49.6 Å². The summed E-state index contributed by atoms with van der Waals surface area (Å²) < 4.78 is 0. The van der Waals surface area contributed by atoms with Crippen LogP contribution in [0.3, 0.4) is 0 Å². The summed E-state index contributed by atoms with van der Waals surface area (Å²) in [5.41, 5.74) is 17.0. The maximum atomic E-state index is 2.81. The molecule has 0 unspecified atom stereocenters. The molecule has 2 aliphatic heterocycles. The Hall–Kier alpha value is -6.64. The first kappa shape index (κ1) is 35.3. The van der Waals surface area contributed by atoms with Gasteiger partial charge in [0.05, 0.1) is 5.41 Å². The van der Waals surface area contributed by atoms with Crippen LogP contribution in [0, 0.1) is 11.8 Å². The third-order valence-corrected chi connectivity index (χ3v) is 14.4. The molecule has 0 radical (unpaired) electrons. The summed E-state index contributed by atoms with van der Waals surface area (Å²) in [6, 6.07) is 78.2. The molecule has 0 spiro atoms. The minimum atomic E-state index is -0.477. The van der Waals surface area contributed by atoms with Gasteiger partial charge in [-0.05, 0) is 148 Å². The van der Waals surface area contributed by atoms with Gasteiger partial charge in [-0.15, -0.1) is 0 Å². The van der Waals surface area contributed by atoms with Gasteiger partial charge in [0.2, 0.25) is 0 Å². The zero-order valence-corrected chi connectivity index (χ0v) is 33.9. The van der Waals surface area contributed by atoms with E-state index in [0.29, 0.717) is 12.1 Å². The molecule has 60 heavy (non-hydrogen) atoms. The molecule has 2 saturated carbocycles. The fraction of sp³-hybridized carbons (Fsp3) is 0.172. The number of piperidine rings is 2. The second-order valence-electron chi connectivity index (χ2n) is 17.7. The molecule has 8 aromatic rings. The van der Waals surface area contributed by atoms with E-state index in [4.69, 9.17) is 0 Å². The van der Waals surface area contributed by atoms with Crippen LogP contribution >= 0.6 is 0 Å². The van der Waals surface area contributed by atoms with Crippen molar-refractivity contribution < 1.29 is 0 Å². The topological polar surface area (TPSA) is 6.48 Å². The van der Waals surface area contributed by atoms with E-state index in [1.165, 1.54) is 93.4 Å². The summed E-state index contributed by atoms with van der Waals surface area (Å²) in [5, 5.41) is 0. The summed E-state index contributed by atoms with van der Waals surface area (Å²) in [4.78, 5) is 5.25. The van der Waals surface area contributed by atoms with Gasteiger partial charge < -0.3 is 9.80 Å². The zero-order chi connectivity index (χ0) is 39.6. The lowest BCUT2D eigenvalue weighted by molar-refractivity contribution is 0.0900. The number of anilines is 4. The van der Waals surface area contributed by atoms with Crippen LogP contribution in [0.1, 0.15) is 54.4 Å². The zero-order valence-electron chi connectivity index (χ0n) is 33.9. The van der Waals surface area contributed by atoms with Crippen LogP contribution in [0.2, 0.25) is 0 Å². The Balaban J connectivity index is 0.981. The summed E-state index contributed by atoms with van der Waals surface area (Å²) in [7, 11) is 0. The van der Waals surface area contributed by atoms with Crippen LogP contribution < -0.4 is 9.80 Å². The van der Waals surface area contributed by atoms with Crippen molar-refractivity contribution in [3.63, 3.8) is 0 Å². The van der Waals surface area contributed by atoms with Gasteiger partial charge in [0.25, 0.3) is 0 Å². The van der Waals surface area contributed by atoms with E-state index in [2.05, 4.69) is 216 Å². The molecule has 0 N–H and O–H groups in total. The van der Waals surface area contributed by atoms with Crippen LogP contribution in [0.25, 0.3) is 33.4 Å². The summed E-state index contributed by atoms with van der Waals surface area (Å²) in [6.07, 6.45) is 6.98. The SMILES string of the molecule is c1ccc(-c2ccc(N(c3ccc(-c4cccc(N5C6CC7CC(C6)CC5C7)c4)cc3)c3ccc4c(c3)C(c3ccccc3)(c3ccccc3)c3ccccc3-4)cc2)cc1. The highest BCUT2D eigenvalue weighted by atomic mass is 15.2. The third-order valence-electron chi connectivity index (χ3n) is 14.4. The normalized spacial score (nSPS) is 20.4. The average Bonchev–Trinajstić information content (AvgIpc) is 3.61. The van der Waals surface area contributed by atoms with Crippen molar-refractivity contribution in [1.29, 1.82) is 0 Å². The highest BCUT2D eigenvalue weighted by Gasteiger charge is 2.48. The van der Waals surface area contributed by atoms with Crippen molar-refractivity contribution in [1.82, 2.24) is 0 Å². The molecule has 4 fully saturated rings. The molecule has 8 aromatic carbocycles. The van der Waals surface area contributed by atoms with Gasteiger partial charge in [0.15, 0.2) is 0 Å². The van der Waals surface area contributed by atoms with Crippen molar-refractivity contribution in [3.8, 4) is 33.4 Å². The predicted molar refractivity (Wildman–Crippen MR) is 249 cm³/mol. The smallest absolute Gasteiger partial charge is 0.0714 e. The Kier molecular flexibility index (Phi) is 8.40. The van der Waals surface area contributed by atoms with Gasteiger partial charge in [-0.2, -0.15) is 0 Å². The van der Waals surface area contributed by atoms with Crippen LogP contribution in [0.4, 0.5) is 22.7 Å². The summed E-state index contributed by atoms with van der Waals surface area (Å²) in [5.74, 6) is 1.90. The van der Waals surface area contributed by atoms with Crippen LogP contribution in [0.5, 0.6) is 0 Å². The molecule has 5 aliphatic rings. The largest absolute Gasteiger partial charge is 0.366 e. The second-order valence-corrected chi connectivity index (χ2v) is 17.7. The molecule has 0 amide bonds. The van der Waals surface area contributed by atoms with E-state index < -0.39 is 5.41 Å². The molecular formula is C58H48N2. The minimum absolute atomic E-state index is 0.477. The molecule has 3 aliphatic carbocycles. The number of nitrogens with zero attached hydrogens (tertiary/aromatic N) is 2. The van der Waals surface area contributed by atoms with Gasteiger partial charge in [-0.1, -0.05) is 158 Å². The average molecular weight is 773 g/mol. The number of rotatable bonds is 8. The van der Waals surface area contributed by atoms with E-state index >= 15 is 0 Å². The first-order valence-corrected chi connectivity index (χ1v) is 22.0. The van der Waals surface area contributed by atoms with Gasteiger partial charge >= 0.3 is 0 Å². The van der Waals surface area contributed by atoms with Crippen molar-refractivity contribution in [2.75, 3.05) is 9.80 Å². The summed E-state index contributed by atoms with van der Waals surface area (Å²) in [6.45, 7) is 0. The van der Waals surface area contributed by atoms with Gasteiger partial charge in [-0.25, -0.2) is 0 Å². The standard InChI is InChI=1S/C58H48N2/c1-4-13-42(14-5-1)43-23-27-48(28-24-43)59(49-29-25-44(26-30-49)45-15-12-20-50(38-45)60-52-34-40-33-41(36-52)37-53(60)35-40)51-31-32-55-54-21-10-11-22-56(54)58(57(55)39-51,46-16-6-2-7-17-46)47-18-8-3-9-19-47/h1-32,38-41,52-53H,33-37H2. The Labute approximate surface area is 354 Å². The third kappa shape index (κ3) is 5.69. The quantitative estimate of drug-likeness (QED) is 0.152. The first-order chi connectivity index (χ1) is 29.7. The highest BCUT2D eigenvalue weighted by molar-refractivity contribution is 5.90. The molecule has 2 heteroatoms. The minimum Gasteiger partial charge on any atom is -0.366 e. The Bertz CT molecular complexity index is 2740. The van der Waals surface area contributed by atoms with Crippen LogP contribution in [0.15, 0.2) is 206 Å². The molecule has 4 bridgehead atoms. The number of hydrogen-bond donors (Lipinski definition) is 0. The number of hydrogen-bond acceptors (Lipinski definition) is 2. The maximum Gasteiger partial charge on any atom is 0.0714 e. The van der Waals surface area contributed by atoms with E-state index in [1.54, 1.807) is 0 Å². The molecule has 13 rings (SSSR count). The van der Waals surface area contributed by atoms with Crippen molar-refractivity contribution in [2.24, 2.45) is 11.8 Å². The van der Waals surface area contributed by atoms with Crippen LogP contribution in [-0.2, 0) is 5.41 Å². The first-order valence-electron chi connectivity index (χ1n) is 22.0. The van der Waals surface area contributed by atoms with Gasteiger partial charge in [0, 0.05) is 34.8 Å². The lowest BCUT2D eigenvalue weighted by Gasteiger charge is -2.57. The lowest BCUT2D eigenvalue weighted by Crippen LogP contribution is -2.58. The van der Waals surface area contributed by atoms with E-state index in [0.717, 1.165) is 28.9 Å². The molecular weight excluding hydrogens is 725 g/mol. The second kappa shape index (κ2) is 14.3. The van der Waals surface area contributed by atoms with Crippen molar-refractivity contribution >= 4 is 22.7 Å². The van der Waals surface area contributed by atoms with Crippen LogP contribution in [-0.4, -0.2) is 12.1 Å². The van der Waals surface area contributed by atoms with Gasteiger partial charge in [-0.3, -0.25) is 0 Å². The molecule has 0 aromatic heterocycles. The maximum absolute atomic E-state index is 2.81. The Morgan fingerprint density at radius 2 is 0.850 bits per heavy atom. The summed E-state index contributed by atoms with van der Waals surface area (Å²) >= 11 is 0. The van der Waals surface area contributed by atoms with E-state index in [1.807, 2.05) is 0 Å². The Morgan fingerprint density at radius 3 is 1.47 bits per heavy atom. The Morgan fingerprint density at radius 1 is 0.367 bits per heavy atom.